The van der Waals surface area contributed by atoms with E-state index in [2.05, 4.69) is 13.8 Å². The minimum absolute atomic E-state index is 0.0161. The van der Waals surface area contributed by atoms with Crippen LogP contribution in [0.5, 0.6) is 0 Å². The lowest BCUT2D eigenvalue weighted by Crippen LogP contribution is -2.09. The van der Waals surface area contributed by atoms with Crippen LogP contribution in [0.2, 0.25) is 0 Å². The van der Waals surface area contributed by atoms with Crippen molar-refractivity contribution in [3.05, 3.63) is 29.8 Å². The zero-order valence-corrected chi connectivity index (χ0v) is 12.6. The van der Waals surface area contributed by atoms with Gasteiger partial charge in [-0.05, 0) is 30.0 Å². The van der Waals surface area contributed by atoms with Crippen LogP contribution in [0.15, 0.2) is 29.2 Å². The lowest BCUT2D eigenvalue weighted by molar-refractivity contribution is -0.140. The first-order valence-corrected chi connectivity index (χ1v) is 7.55. The Morgan fingerprint density at radius 2 is 1.90 bits per heavy atom. The topological polar surface area (TPSA) is 63.6 Å². The Hall–Kier alpha value is -1.49. The molecule has 1 rings (SSSR count). The van der Waals surface area contributed by atoms with E-state index in [4.69, 9.17) is 9.84 Å². The van der Waals surface area contributed by atoms with E-state index in [9.17, 15) is 9.59 Å². The van der Waals surface area contributed by atoms with Gasteiger partial charge in [0.1, 0.15) is 0 Å². The van der Waals surface area contributed by atoms with Crippen LogP contribution in [-0.4, -0.2) is 29.4 Å². The van der Waals surface area contributed by atoms with Gasteiger partial charge in [-0.2, -0.15) is 0 Å². The minimum Gasteiger partial charge on any atom is -0.481 e. The number of carboxylic acid groups (broad SMARTS) is 1. The van der Waals surface area contributed by atoms with E-state index in [0.29, 0.717) is 12.5 Å². The first kappa shape index (κ1) is 16.6. The molecule has 0 unspecified atom stereocenters. The molecule has 0 fully saturated rings. The third kappa shape index (κ3) is 7.19. The number of esters is 1. The molecule has 0 bridgehead atoms. The molecule has 4 nitrogen and oxygen atoms in total. The largest absolute Gasteiger partial charge is 0.481 e. The number of aliphatic carboxylic acids is 1. The number of carboxylic acids is 1. The predicted molar refractivity (Wildman–Crippen MR) is 78.9 cm³/mol. The maximum absolute atomic E-state index is 11.5. The van der Waals surface area contributed by atoms with Gasteiger partial charge in [0, 0.05) is 4.90 Å². The number of carbonyl (C=O) groups is 2. The summed E-state index contributed by atoms with van der Waals surface area (Å²) in [7, 11) is 0. The third-order valence-corrected chi connectivity index (χ3v) is 3.58. The lowest BCUT2D eigenvalue weighted by atomic mass is 10.1. The summed E-state index contributed by atoms with van der Waals surface area (Å²) in [6, 6.07) is 7.18. The van der Waals surface area contributed by atoms with E-state index in [1.54, 1.807) is 12.1 Å². The number of thioether (sulfide) groups is 1. The van der Waals surface area contributed by atoms with Gasteiger partial charge in [-0.3, -0.25) is 9.59 Å². The number of carbonyl (C=O) groups excluding carboxylic acids is 1. The van der Waals surface area contributed by atoms with E-state index in [1.807, 2.05) is 12.1 Å². The SMILES string of the molecule is CC(C)CCOC(=O)CSc1ccc(CC(=O)O)cc1. The van der Waals surface area contributed by atoms with Crippen LogP contribution in [0.1, 0.15) is 25.8 Å². The van der Waals surface area contributed by atoms with Gasteiger partial charge in [0.05, 0.1) is 18.8 Å². The molecule has 0 aliphatic rings. The van der Waals surface area contributed by atoms with Crippen LogP contribution in [0.3, 0.4) is 0 Å². The molecule has 0 aromatic heterocycles. The molecule has 0 saturated heterocycles. The quantitative estimate of drug-likeness (QED) is 0.590. The second kappa shape index (κ2) is 8.64. The lowest BCUT2D eigenvalue weighted by Gasteiger charge is -2.07. The van der Waals surface area contributed by atoms with Gasteiger partial charge >= 0.3 is 11.9 Å². The van der Waals surface area contributed by atoms with Crippen molar-refractivity contribution >= 4 is 23.7 Å². The van der Waals surface area contributed by atoms with Crippen LogP contribution >= 0.6 is 11.8 Å². The molecule has 1 aromatic rings. The standard InChI is InChI=1S/C15H20O4S/c1-11(2)7-8-19-15(18)10-20-13-5-3-12(4-6-13)9-14(16)17/h3-6,11H,7-10H2,1-2H3,(H,16,17). The van der Waals surface area contributed by atoms with Crippen molar-refractivity contribution < 1.29 is 19.4 Å². The van der Waals surface area contributed by atoms with Crippen LogP contribution in [0, 0.1) is 5.92 Å². The van der Waals surface area contributed by atoms with Crippen molar-refractivity contribution in [1.82, 2.24) is 0 Å². The molecule has 1 N–H and O–H groups in total. The van der Waals surface area contributed by atoms with E-state index in [1.165, 1.54) is 11.8 Å². The molecule has 0 aliphatic heterocycles. The van der Waals surface area contributed by atoms with Crippen LogP contribution in [0.25, 0.3) is 0 Å². The van der Waals surface area contributed by atoms with Gasteiger partial charge in [-0.1, -0.05) is 26.0 Å². The molecule has 0 spiro atoms. The van der Waals surface area contributed by atoms with Gasteiger partial charge in [0.15, 0.2) is 0 Å². The Morgan fingerprint density at radius 1 is 1.25 bits per heavy atom. The van der Waals surface area contributed by atoms with Gasteiger partial charge in [-0.25, -0.2) is 0 Å². The fraction of sp³-hybridized carbons (Fsp3) is 0.467. The summed E-state index contributed by atoms with van der Waals surface area (Å²) in [5.41, 5.74) is 0.751. The first-order valence-electron chi connectivity index (χ1n) is 6.56. The Balaban J connectivity index is 2.30. The highest BCUT2D eigenvalue weighted by atomic mass is 32.2. The average Bonchev–Trinajstić information content (AvgIpc) is 2.37. The summed E-state index contributed by atoms with van der Waals surface area (Å²) in [5.74, 6) is -0.266. The van der Waals surface area contributed by atoms with Crippen molar-refractivity contribution in [2.75, 3.05) is 12.4 Å². The van der Waals surface area contributed by atoms with E-state index in [0.717, 1.165) is 16.9 Å². The number of ether oxygens (including phenoxy) is 1. The second-order valence-electron chi connectivity index (χ2n) is 4.91. The Bertz CT molecular complexity index is 440. The van der Waals surface area contributed by atoms with Gasteiger partial charge in [-0.15, -0.1) is 11.8 Å². The molecule has 0 heterocycles. The van der Waals surface area contributed by atoms with Crippen molar-refractivity contribution in [3.8, 4) is 0 Å². The van der Waals surface area contributed by atoms with Crippen LogP contribution in [0.4, 0.5) is 0 Å². The van der Waals surface area contributed by atoms with Gasteiger partial charge in [0.2, 0.25) is 0 Å². The molecular weight excluding hydrogens is 276 g/mol. The van der Waals surface area contributed by atoms with Gasteiger partial charge in [0.25, 0.3) is 0 Å². The number of benzene rings is 1. The summed E-state index contributed by atoms with van der Waals surface area (Å²) in [6.07, 6.45) is 0.891. The molecule has 20 heavy (non-hydrogen) atoms. The third-order valence-electron chi connectivity index (χ3n) is 2.59. The summed E-state index contributed by atoms with van der Waals surface area (Å²) in [5, 5.41) is 8.67. The fourth-order valence-corrected chi connectivity index (χ4v) is 2.17. The number of hydrogen-bond acceptors (Lipinski definition) is 4. The smallest absolute Gasteiger partial charge is 0.316 e. The summed E-state index contributed by atoms with van der Waals surface area (Å²) in [4.78, 5) is 23.0. The molecule has 0 saturated carbocycles. The van der Waals surface area contributed by atoms with Crippen LogP contribution in [-0.2, 0) is 20.7 Å². The molecule has 5 heteroatoms. The monoisotopic (exact) mass is 296 g/mol. The summed E-state index contributed by atoms with van der Waals surface area (Å²) < 4.78 is 5.11. The summed E-state index contributed by atoms with van der Waals surface area (Å²) >= 11 is 1.39. The van der Waals surface area contributed by atoms with E-state index < -0.39 is 5.97 Å². The second-order valence-corrected chi connectivity index (χ2v) is 5.95. The van der Waals surface area contributed by atoms with Crippen molar-refractivity contribution in [2.45, 2.75) is 31.6 Å². The normalized spacial score (nSPS) is 10.6. The Morgan fingerprint density at radius 3 is 2.45 bits per heavy atom. The number of hydrogen-bond donors (Lipinski definition) is 1. The minimum atomic E-state index is -0.848. The van der Waals surface area contributed by atoms with Gasteiger partial charge < -0.3 is 9.84 Å². The molecule has 1 aromatic carbocycles. The Kier molecular flexibility index (Phi) is 7.15. The molecular formula is C15H20O4S. The molecule has 0 amide bonds. The number of rotatable bonds is 8. The van der Waals surface area contributed by atoms with Crippen molar-refractivity contribution in [3.63, 3.8) is 0 Å². The highest BCUT2D eigenvalue weighted by molar-refractivity contribution is 8.00. The fourth-order valence-electron chi connectivity index (χ4n) is 1.47. The zero-order chi connectivity index (χ0) is 15.0. The van der Waals surface area contributed by atoms with Crippen molar-refractivity contribution in [2.24, 2.45) is 5.92 Å². The zero-order valence-electron chi connectivity index (χ0n) is 11.8. The summed E-state index contributed by atoms with van der Waals surface area (Å²) in [6.45, 7) is 4.64. The maximum Gasteiger partial charge on any atom is 0.316 e. The molecule has 0 atom stereocenters. The maximum atomic E-state index is 11.5. The van der Waals surface area contributed by atoms with E-state index in [-0.39, 0.29) is 18.1 Å². The van der Waals surface area contributed by atoms with E-state index >= 15 is 0 Å². The highest BCUT2D eigenvalue weighted by Crippen LogP contribution is 2.19. The van der Waals surface area contributed by atoms with Crippen LogP contribution < -0.4 is 0 Å². The molecule has 0 radical (unpaired) electrons. The highest BCUT2D eigenvalue weighted by Gasteiger charge is 2.06. The van der Waals surface area contributed by atoms with Crippen molar-refractivity contribution in [1.29, 1.82) is 0 Å². The molecule has 0 aliphatic carbocycles. The molecule has 110 valence electrons. The first-order chi connectivity index (χ1) is 9.47. The Labute approximate surface area is 123 Å². The predicted octanol–water partition coefficient (Wildman–Crippen LogP) is 3.00. The average molecular weight is 296 g/mol.